The molecule has 0 aliphatic carbocycles. The molecule has 2 aliphatic heterocycles. The largest absolute Gasteiger partial charge is 0.496 e. The molecule has 30 heavy (non-hydrogen) atoms. The number of aromatic nitrogens is 1. The summed E-state index contributed by atoms with van der Waals surface area (Å²) in [4.78, 5) is 37.6. The molecular weight excluding hydrogens is 410 g/mol. The van der Waals surface area contributed by atoms with Crippen molar-refractivity contribution in [2.45, 2.75) is 25.4 Å². The molecule has 1 fully saturated rings. The number of hydroxylamine groups is 1. The minimum absolute atomic E-state index is 0.155. The number of thiazole rings is 1. The lowest BCUT2D eigenvalue weighted by atomic mass is 9.90. The van der Waals surface area contributed by atoms with E-state index in [1.165, 1.54) is 24.6 Å². The van der Waals surface area contributed by atoms with Gasteiger partial charge in [-0.1, -0.05) is 6.92 Å². The van der Waals surface area contributed by atoms with Crippen molar-refractivity contribution >= 4 is 28.2 Å². The number of carboxylic acid groups (broad SMARTS) is 1. The maximum absolute atomic E-state index is 13.1. The first-order chi connectivity index (χ1) is 14.4. The van der Waals surface area contributed by atoms with E-state index in [9.17, 15) is 14.7 Å². The van der Waals surface area contributed by atoms with E-state index in [1.807, 2.05) is 11.8 Å². The van der Waals surface area contributed by atoms with Gasteiger partial charge in [0.2, 0.25) is 5.78 Å². The molecule has 3 heterocycles. The number of hydrogen-bond acceptors (Lipinski definition) is 10. The number of nitrogens with two attached hydrogens (primary N) is 1. The third-order valence-electron chi connectivity index (χ3n) is 4.98. The highest BCUT2D eigenvalue weighted by atomic mass is 32.1. The quantitative estimate of drug-likeness (QED) is 0.233. The van der Waals surface area contributed by atoms with Crippen LogP contribution in [0.4, 0.5) is 5.13 Å². The zero-order chi connectivity index (χ0) is 21.8. The molecule has 162 valence electrons. The lowest BCUT2D eigenvalue weighted by Gasteiger charge is -2.40. The minimum Gasteiger partial charge on any atom is -0.496 e. The number of aliphatic carboxylic acids is 1. The van der Waals surface area contributed by atoms with Crippen molar-refractivity contribution in [1.29, 1.82) is 0 Å². The van der Waals surface area contributed by atoms with Crippen LogP contribution < -0.4 is 16.1 Å². The molecular formula is C19H25N5O5S. The first kappa shape index (κ1) is 21.8. The van der Waals surface area contributed by atoms with Gasteiger partial charge >= 0.3 is 5.97 Å². The first-order valence-corrected chi connectivity index (χ1v) is 10.3. The summed E-state index contributed by atoms with van der Waals surface area (Å²) in [6.45, 7) is 3.19. The zero-order valence-corrected chi connectivity index (χ0v) is 17.8. The Morgan fingerprint density at radius 1 is 1.47 bits per heavy atom. The van der Waals surface area contributed by atoms with Gasteiger partial charge < -0.3 is 30.2 Å². The van der Waals surface area contributed by atoms with Crippen molar-refractivity contribution in [2.24, 2.45) is 5.73 Å². The zero-order valence-electron chi connectivity index (χ0n) is 17.0. The van der Waals surface area contributed by atoms with Gasteiger partial charge in [-0.25, -0.2) is 9.78 Å². The van der Waals surface area contributed by atoms with Crippen molar-refractivity contribution in [3.8, 4) is 0 Å². The smallest absolute Gasteiger partial charge is 0.341 e. The van der Waals surface area contributed by atoms with Crippen LogP contribution >= 0.6 is 11.3 Å². The molecule has 0 bridgehead atoms. The van der Waals surface area contributed by atoms with E-state index in [0.29, 0.717) is 30.5 Å². The Bertz CT molecular complexity index is 889. The van der Waals surface area contributed by atoms with Crippen LogP contribution in [-0.2, 0) is 19.2 Å². The summed E-state index contributed by atoms with van der Waals surface area (Å²) in [5.41, 5.74) is 8.96. The van der Waals surface area contributed by atoms with Gasteiger partial charge in [0.25, 0.3) is 0 Å². The van der Waals surface area contributed by atoms with Gasteiger partial charge in [-0.15, -0.1) is 11.3 Å². The number of carbonyl (C=O) groups is 2. The Hall–Kier alpha value is -2.89. The molecule has 0 amide bonds. The summed E-state index contributed by atoms with van der Waals surface area (Å²) in [5, 5.41) is 12.0. The second-order valence-corrected chi connectivity index (χ2v) is 7.67. The molecule has 0 radical (unpaired) electrons. The van der Waals surface area contributed by atoms with Gasteiger partial charge in [-0.3, -0.25) is 4.79 Å². The van der Waals surface area contributed by atoms with Crippen molar-refractivity contribution in [2.75, 3.05) is 32.2 Å². The number of carbonyl (C=O) groups excluding carboxylic acids is 1. The molecule has 0 aromatic carbocycles. The number of rotatable bonds is 8. The second kappa shape index (κ2) is 9.28. The van der Waals surface area contributed by atoms with Gasteiger partial charge in [0.1, 0.15) is 17.2 Å². The van der Waals surface area contributed by atoms with Gasteiger partial charge in [0, 0.05) is 36.9 Å². The van der Waals surface area contributed by atoms with Gasteiger partial charge in [-0.05, 0) is 6.42 Å². The molecule has 11 heteroatoms. The Balaban J connectivity index is 2.01. The Morgan fingerprint density at radius 3 is 2.73 bits per heavy atom. The molecule has 3 rings (SSSR count). The van der Waals surface area contributed by atoms with E-state index >= 15 is 0 Å². The predicted molar refractivity (Wildman–Crippen MR) is 111 cm³/mol. The molecule has 1 aromatic rings. The van der Waals surface area contributed by atoms with Crippen LogP contribution in [0, 0.1) is 0 Å². The highest BCUT2D eigenvalue weighted by Gasteiger charge is 2.39. The van der Waals surface area contributed by atoms with E-state index < -0.39 is 17.8 Å². The number of likely N-dealkylation sites (tertiary alicyclic amines) is 1. The standard InChI is InChI=1S/C19H25N5O5S/c1-4-13-16(14(28-2)7-15(20)23-8-11(9-23)22-29-3)17(25)12(18(26)27)10-24(13)19-21-5-6-30-19/h5-7,10-11,13,22H,4,8-9,20H2,1-3H3,(H,26,27)/b15-7+,16-14-. The minimum atomic E-state index is -1.31. The number of hydrogen-bond donors (Lipinski definition) is 3. The maximum Gasteiger partial charge on any atom is 0.341 e. The molecule has 1 saturated heterocycles. The summed E-state index contributed by atoms with van der Waals surface area (Å²) in [5.74, 6) is -1.24. The summed E-state index contributed by atoms with van der Waals surface area (Å²) in [6, 6.07) is -0.285. The number of ketones is 1. The van der Waals surface area contributed by atoms with E-state index in [1.54, 1.807) is 29.7 Å². The number of anilines is 1. The number of ether oxygens (including phenoxy) is 1. The van der Waals surface area contributed by atoms with Crippen molar-refractivity contribution in [1.82, 2.24) is 15.4 Å². The van der Waals surface area contributed by atoms with Crippen molar-refractivity contribution in [3.05, 3.63) is 46.6 Å². The number of allylic oxidation sites excluding steroid dienone is 1. The molecule has 2 aliphatic rings. The number of methoxy groups -OCH3 is 1. The summed E-state index contributed by atoms with van der Waals surface area (Å²) < 4.78 is 5.52. The fourth-order valence-electron chi connectivity index (χ4n) is 3.49. The number of nitrogens with zero attached hydrogens (tertiary/aromatic N) is 3. The first-order valence-electron chi connectivity index (χ1n) is 9.37. The fourth-order valence-corrected chi connectivity index (χ4v) is 4.15. The maximum atomic E-state index is 13.1. The second-order valence-electron chi connectivity index (χ2n) is 6.80. The van der Waals surface area contributed by atoms with Crippen molar-refractivity contribution < 1.29 is 24.3 Å². The molecule has 0 spiro atoms. The van der Waals surface area contributed by atoms with Gasteiger partial charge in [0.15, 0.2) is 5.13 Å². The van der Waals surface area contributed by atoms with E-state index in [-0.39, 0.29) is 22.9 Å². The van der Waals surface area contributed by atoms with Crippen LogP contribution in [0.25, 0.3) is 0 Å². The monoisotopic (exact) mass is 435 g/mol. The Morgan fingerprint density at radius 2 is 2.20 bits per heavy atom. The average molecular weight is 436 g/mol. The fraction of sp³-hybridized carbons (Fsp3) is 0.421. The molecule has 1 atom stereocenters. The third-order valence-corrected chi connectivity index (χ3v) is 5.76. The topological polar surface area (TPSA) is 130 Å². The summed E-state index contributed by atoms with van der Waals surface area (Å²) in [7, 11) is 2.99. The van der Waals surface area contributed by atoms with Crippen LogP contribution in [0.3, 0.4) is 0 Å². The lowest BCUT2D eigenvalue weighted by Crippen LogP contribution is -2.58. The van der Waals surface area contributed by atoms with Crippen molar-refractivity contribution in [3.63, 3.8) is 0 Å². The molecule has 4 N–H and O–H groups in total. The molecule has 0 saturated carbocycles. The van der Waals surface area contributed by atoms with Crippen LogP contribution in [0.1, 0.15) is 13.3 Å². The number of carboxylic acids is 1. The summed E-state index contributed by atoms with van der Waals surface area (Å²) >= 11 is 1.36. The average Bonchev–Trinajstić information content (AvgIpc) is 3.22. The highest BCUT2D eigenvalue weighted by Crippen LogP contribution is 2.34. The van der Waals surface area contributed by atoms with Crippen LogP contribution in [0.15, 0.2) is 46.6 Å². The van der Waals surface area contributed by atoms with Crippen LogP contribution in [0.5, 0.6) is 0 Å². The molecule has 1 unspecified atom stereocenters. The van der Waals surface area contributed by atoms with Crippen LogP contribution in [-0.4, -0.2) is 66.1 Å². The van der Waals surface area contributed by atoms with Crippen LogP contribution in [0.2, 0.25) is 0 Å². The third kappa shape index (κ3) is 4.18. The summed E-state index contributed by atoms with van der Waals surface area (Å²) in [6.07, 6.45) is 5.08. The van der Waals surface area contributed by atoms with Gasteiger partial charge in [-0.2, -0.15) is 5.48 Å². The number of nitrogens with one attached hydrogen (secondary N) is 1. The molecule has 1 aromatic heterocycles. The predicted octanol–water partition coefficient (Wildman–Crippen LogP) is 0.815. The number of Topliss-reactive ketones (excluding diaryl/α,β-unsaturated/α-hetero) is 1. The SMILES string of the molecule is CCC1/C(=C(\C=C(/N)N2CC(NOC)C2)OC)C(=O)C(C(=O)O)=CN1c1nccs1. The Kier molecular flexibility index (Phi) is 6.75. The van der Waals surface area contributed by atoms with Gasteiger partial charge in [0.05, 0.1) is 31.9 Å². The normalized spacial score (nSPS) is 22.0. The molecule has 10 nitrogen and oxygen atoms in total. The van der Waals surface area contributed by atoms with E-state index in [4.69, 9.17) is 15.3 Å². The Labute approximate surface area is 178 Å². The lowest BCUT2D eigenvalue weighted by molar-refractivity contribution is -0.134. The highest BCUT2D eigenvalue weighted by molar-refractivity contribution is 7.13. The van der Waals surface area contributed by atoms with E-state index in [2.05, 4.69) is 10.5 Å². The van der Waals surface area contributed by atoms with E-state index in [0.717, 1.165) is 0 Å².